The third kappa shape index (κ3) is 6.62. The van der Waals surface area contributed by atoms with Crippen LogP contribution in [0, 0.1) is 11.3 Å². The van der Waals surface area contributed by atoms with Crippen molar-refractivity contribution in [3.05, 3.63) is 0 Å². The second kappa shape index (κ2) is 5.55. The smallest absolute Gasteiger partial charge is 0.0433 e. The molecule has 0 heterocycles. The summed E-state index contributed by atoms with van der Waals surface area (Å²) in [6.45, 7) is 7.04. The summed E-state index contributed by atoms with van der Waals surface area (Å²) in [5.41, 5.74) is 0.301. The third-order valence-electron chi connectivity index (χ3n) is 1.98. The van der Waals surface area contributed by atoms with Crippen molar-refractivity contribution in [2.75, 3.05) is 13.2 Å². The molecule has 0 bridgehead atoms. The molecule has 0 aromatic heterocycles. The fraction of sp³-hybridized carbons (Fsp3) is 1.00. The van der Waals surface area contributed by atoms with E-state index in [0.29, 0.717) is 11.3 Å². The van der Waals surface area contributed by atoms with Gasteiger partial charge in [-0.15, -0.1) is 0 Å². The zero-order chi connectivity index (χ0) is 9.61. The molecular weight excluding hydrogens is 152 g/mol. The van der Waals surface area contributed by atoms with Gasteiger partial charge in [0.15, 0.2) is 0 Å². The minimum absolute atomic E-state index is 0.237. The summed E-state index contributed by atoms with van der Waals surface area (Å²) >= 11 is 0. The molecule has 0 fully saturated rings. The van der Waals surface area contributed by atoms with Crippen molar-refractivity contribution in [2.45, 2.75) is 40.0 Å². The van der Waals surface area contributed by atoms with Gasteiger partial charge in [0.1, 0.15) is 0 Å². The first-order valence-corrected chi connectivity index (χ1v) is 4.71. The quantitative estimate of drug-likeness (QED) is 0.667. The minimum Gasteiger partial charge on any atom is -0.396 e. The van der Waals surface area contributed by atoms with Crippen LogP contribution in [0.15, 0.2) is 0 Å². The molecule has 0 rings (SSSR count). The highest BCUT2D eigenvalue weighted by Crippen LogP contribution is 2.27. The second-order valence-corrected chi connectivity index (χ2v) is 4.66. The lowest BCUT2D eigenvalue weighted by atomic mass is 9.82. The van der Waals surface area contributed by atoms with Crippen molar-refractivity contribution in [1.29, 1.82) is 0 Å². The molecule has 0 aromatic carbocycles. The predicted octanol–water partition coefficient (Wildman–Crippen LogP) is 1.80. The number of rotatable bonds is 5. The zero-order valence-electron chi connectivity index (χ0n) is 8.51. The molecule has 2 N–H and O–H groups in total. The molecule has 2 heteroatoms. The van der Waals surface area contributed by atoms with Crippen LogP contribution < -0.4 is 0 Å². The van der Waals surface area contributed by atoms with E-state index in [0.717, 1.165) is 19.3 Å². The average molecular weight is 174 g/mol. The summed E-state index contributed by atoms with van der Waals surface area (Å²) in [5.74, 6) is 0.472. The van der Waals surface area contributed by atoms with Crippen LogP contribution in [0.3, 0.4) is 0 Å². The maximum Gasteiger partial charge on any atom is 0.0433 e. The molecule has 0 saturated heterocycles. The van der Waals surface area contributed by atoms with Gasteiger partial charge in [0.05, 0.1) is 0 Å². The fourth-order valence-corrected chi connectivity index (χ4v) is 1.58. The van der Waals surface area contributed by atoms with E-state index in [9.17, 15) is 0 Å². The molecule has 0 atom stereocenters. The van der Waals surface area contributed by atoms with Crippen molar-refractivity contribution >= 4 is 0 Å². The van der Waals surface area contributed by atoms with E-state index in [1.807, 2.05) is 0 Å². The van der Waals surface area contributed by atoms with E-state index < -0.39 is 0 Å². The first kappa shape index (κ1) is 11.9. The first-order chi connectivity index (χ1) is 5.49. The van der Waals surface area contributed by atoms with Crippen LogP contribution in [0.5, 0.6) is 0 Å². The van der Waals surface area contributed by atoms with Gasteiger partial charge in [-0.25, -0.2) is 0 Å². The van der Waals surface area contributed by atoms with Crippen molar-refractivity contribution in [3.63, 3.8) is 0 Å². The second-order valence-electron chi connectivity index (χ2n) is 4.66. The molecule has 0 radical (unpaired) electrons. The van der Waals surface area contributed by atoms with Gasteiger partial charge >= 0.3 is 0 Å². The topological polar surface area (TPSA) is 40.5 Å². The Labute approximate surface area is 75.6 Å². The van der Waals surface area contributed by atoms with Gasteiger partial charge in [0.2, 0.25) is 0 Å². The molecule has 2 nitrogen and oxygen atoms in total. The van der Waals surface area contributed by atoms with E-state index in [4.69, 9.17) is 10.2 Å². The molecule has 74 valence electrons. The summed E-state index contributed by atoms with van der Waals surface area (Å²) < 4.78 is 0. The molecule has 0 amide bonds. The summed E-state index contributed by atoms with van der Waals surface area (Å²) in [6, 6.07) is 0. The fourth-order valence-electron chi connectivity index (χ4n) is 1.58. The Morgan fingerprint density at radius 2 is 1.42 bits per heavy atom. The summed E-state index contributed by atoms with van der Waals surface area (Å²) in [6.07, 6.45) is 2.71. The average Bonchev–Trinajstić information content (AvgIpc) is 1.84. The van der Waals surface area contributed by atoms with Gasteiger partial charge in [-0.05, 0) is 30.6 Å². The van der Waals surface area contributed by atoms with Gasteiger partial charge in [0.25, 0.3) is 0 Å². The van der Waals surface area contributed by atoms with Gasteiger partial charge in [-0.2, -0.15) is 0 Å². The number of aliphatic hydroxyl groups is 2. The van der Waals surface area contributed by atoms with E-state index in [1.165, 1.54) is 0 Å². The SMILES string of the molecule is CC(C)(C)CC(CCO)CCO. The van der Waals surface area contributed by atoms with Crippen LogP contribution in [-0.2, 0) is 0 Å². The maximum atomic E-state index is 8.78. The molecule has 0 aliphatic carbocycles. The zero-order valence-corrected chi connectivity index (χ0v) is 8.51. The highest BCUT2D eigenvalue weighted by atomic mass is 16.3. The van der Waals surface area contributed by atoms with Crippen LogP contribution in [0.1, 0.15) is 40.0 Å². The molecule has 0 saturated carbocycles. The highest BCUT2D eigenvalue weighted by molar-refractivity contribution is 4.69. The summed E-state index contributed by atoms with van der Waals surface area (Å²) in [5, 5.41) is 17.6. The lowest BCUT2D eigenvalue weighted by Crippen LogP contribution is -2.15. The molecule has 0 aromatic rings. The van der Waals surface area contributed by atoms with Crippen LogP contribution in [0.25, 0.3) is 0 Å². The van der Waals surface area contributed by atoms with E-state index in [-0.39, 0.29) is 13.2 Å². The van der Waals surface area contributed by atoms with E-state index in [1.54, 1.807) is 0 Å². The van der Waals surface area contributed by atoms with E-state index >= 15 is 0 Å². The minimum atomic E-state index is 0.237. The van der Waals surface area contributed by atoms with Crippen LogP contribution in [0.4, 0.5) is 0 Å². The Bertz CT molecular complexity index is 98.9. The van der Waals surface area contributed by atoms with Crippen LogP contribution in [-0.4, -0.2) is 23.4 Å². The van der Waals surface area contributed by atoms with Gasteiger partial charge in [-0.3, -0.25) is 0 Å². The molecule has 0 unspecified atom stereocenters. The summed E-state index contributed by atoms with van der Waals surface area (Å²) in [7, 11) is 0. The first-order valence-electron chi connectivity index (χ1n) is 4.71. The Morgan fingerprint density at radius 3 is 1.67 bits per heavy atom. The Hall–Kier alpha value is -0.0800. The molecule has 0 aliphatic heterocycles. The van der Waals surface area contributed by atoms with Crippen LogP contribution in [0.2, 0.25) is 0 Å². The predicted molar refractivity (Wildman–Crippen MR) is 51.0 cm³/mol. The molecule has 0 aliphatic rings. The third-order valence-corrected chi connectivity index (χ3v) is 1.98. The lowest BCUT2D eigenvalue weighted by Gasteiger charge is -2.24. The standard InChI is InChI=1S/C10H22O2/c1-10(2,3)8-9(4-6-11)5-7-12/h9,11-12H,4-8H2,1-3H3. The normalized spacial score (nSPS) is 12.5. The Balaban J connectivity index is 3.77. The number of hydrogen-bond acceptors (Lipinski definition) is 2. The molecular formula is C10H22O2. The number of aliphatic hydroxyl groups excluding tert-OH is 2. The maximum absolute atomic E-state index is 8.78. The Morgan fingerprint density at radius 1 is 1.00 bits per heavy atom. The van der Waals surface area contributed by atoms with E-state index in [2.05, 4.69) is 20.8 Å². The largest absolute Gasteiger partial charge is 0.396 e. The van der Waals surface area contributed by atoms with Gasteiger partial charge in [0, 0.05) is 13.2 Å². The Kier molecular flexibility index (Phi) is 5.51. The van der Waals surface area contributed by atoms with Crippen molar-refractivity contribution in [1.82, 2.24) is 0 Å². The van der Waals surface area contributed by atoms with Crippen molar-refractivity contribution < 1.29 is 10.2 Å². The highest BCUT2D eigenvalue weighted by Gasteiger charge is 2.17. The number of hydrogen-bond donors (Lipinski definition) is 2. The van der Waals surface area contributed by atoms with Crippen LogP contribution >= 0.6 is 0 Å². The van der Waals surface area contributed by atoms with Crippen molar-refractivity contribution in [3.8, 4) is 0 Å². The van der Waals surface area contributed by atoms with Crippen molar-refractivity contribution in [2.24, 2.45) is 11.3 Å². The monoisotopic (exact) mass is 174 g/mol. The molecule has 12 heavy (non-hydrogen) atoms. The lowest BCUT2D eigenvalue weighted by molar-refractivity contribution is 0.179. The molecule has 0 spiro atoms. The summed E-state index contributed by atoms with van der Waals surface area (Å²) in [4.78, 5) is 0. The van der Waals surface area contributed by atoms with Gasteiger partial charge in [-0.1, -0.05) is 20.8 Å². The van der Waals surface area contributed by atoms with Gasteiger partial charge < -0.3 is 10.2 Å².